The van der Waals surface area contributed by atoms with E-state index in [-0.39, 0.29) is 18.5 Å². The van der Waals surface area contributed by atoms with Crippen LogP contribution in [0.2, 0.25) is 0 Å². The highest BCUT2D eigenvalue weighted by atomic mass is 32.2. The van der Waals surface area contributed by atoms with Crippen LogP contribution in [-0.4, -0.2) is 72.5 Å². The van der Waals surface area contributed by atoms with Crippen LogP contribution in [0.3, 0.4) is 0 Å². The number of likely N-dealkylation sites (N-methyl/N-ethyl adjacent to an activating group) is 1. The normalized spacial score (nSPS) is 15.6. The molecule has 8 heteroatoms. The van der Waals surface area contributed by atoms with Crippen LogP contribution in [0.4, 0.5) is 0 Å². The number of rotatable bonds is 27. The number of aliphatic hydroxyl groups is 1. The Bertz CT molecular complexity index is 533. The van der Waals surface area contributed by atoms with Crippen molar-refractivity contribution in [2.24, 2.45) is 0 Å². The predicted molar refractivity (Wildman–Crippen MR) is 157 cm³/mol. The van der Waals surface area contributed by atoms with Crippen molar-refractivity contribution in [3.63, 3.8) is 0 Å². The summed E-state index contributed by atoms with van der Waals surface area (Å²) in [6, 6.07) is 0. The number of quaternary nitrogens is 1. The van der Waals surface area contributed by atoms with Gasteiger partial charge in [-0.15, -0.1) is 0 Å². The van der Waals surface area contributed by atoms with Gasteiger partial charge in [-0.3, -0.25) is 9.05 Å². The Labute approximate surface area is 228 Å². The zero-order valence-electron chi connectivity index (χ0n) is 24.4. The van der Waals surface area contributed by atoms with Gasteiger partial charge in [-0.1, -0.05) is 110 Å². The van der Waals surface area contributed by atoms with E-state index >= 15 is 0 Å². The average molecular weight is 555 g/mol. The highest BCUT2D eigenvalue weighted by Gasteiger charge is 2.28. The number of unbranched alkanes of at least 4 members (excludes halogenated alkanes) is 15. The molecule has 0 heterocycles. The standard InChI is InChI=1S/C28H60NO5PS/c1-6-7-8-9-10-11-12-13-14-15-16-17-18-19-20-21-24-36-27(2)25-28(26-30)34-35(31,32)33-23-22-29(3,4)5/h27-28,30H,6-26H2,1-5H3/p+1. The van der Waals surface area contributed by atoms with Crippen molar-refractivity contribution in [3.05, 3.63) is 0 Å². The molecular weight excluding hydrogens is 493 g/mol. The van der Waals surface area contributed by atoms with Gasteiger partial charge in [0.15, 0.2) is 0 Å². The Morgan fingerprint density at radius 3 is 1.67 bits per heavy atom. The quantitative estimate of drug-likeness (QED) is 0.0609. The van der Waals surface area contributed by atoms with Gasteiger partial charge in [-0.2, -0.15) is 11.8 Å². The van der Waals surface area contributed by atoms with Gasteiger partial charge in [0.2, 0.25) is 0 Å². The lowest BCUT2D eigenvalue weighted by Gasteiger charge is -2.25. The SMILES string of the molecule is CCCCCCCCCCCCCCCCCCSC(C)CC(CO)OP(=O)(O)OCC[N+](C)(C)C. The second-order valence-electron chi connectivity index (χ2n) is 11.4. The molecule has 3 atom stereocenters. The largest absolute Gasteiger partial charge is 0.472 e. The highest BCUT2D eigenvalue weighted by Crippen LogP contribution is 2.45. The fourth-order valence-corrected chi connectivity index (χ4v) is 6.20. The van der Waals surface area contributed by atoms with Gasteiger partial charge in [-0.05, 0) is 18.6 Å². The van der Waals surface area contributed by atoms with E-state index in [1.54, 1.807) is 0 Å². The summed E-state index contributed by atoms with van der Waals surface area (Å²) in [4.78, 5) is 9.94. The molecule has 0 spiro atoms. The molecule has 0 amide bonds. The van der Waals surface area contributed by atoms with Crippen LogP contribution in [0.25, 0.3) is 0 Å². The first kappa shape index (κ1) is 36.4. The summed E-state index contributed by atoms with van der Waals surface area (Å²) in [7, 11) is 1.81. The van der Waals surface area contributed by atoms with Crippen LogP contribution < -0.4 is 0 Å². The van der Waals surface area contributed by atoms with Gasteiger partial charge in [0, 0.05) is 5.25 Å². The first-order valence-electron chi connectivity index (χ1n) is 14.8. The summed E-state index contributed by atoms with van der Waals surface area (Å²) in [6.45, 7) is 4.82. The second-order valence-corrected chi connectivity index (χ2v) is 14.4. The Kier molecular flexibility index (Phi) is 23.5. The number of phosphoric ester groups is 1. The number of aliphatic hydroxyl groups excluding tert-OH is 1. The average Bonchev–Trinajstić information content (AvgIpc) is 2.79. The number of thioether (sulfide) groups is 1. The molecule has 3 unspecified atom stereocenters. The molecule has 36 heavy (non-hydrogen) atoms. The van der Waals surface area contributed by atoms with E-state index in [2.05, 4.69) is 13.8 Å². The van der Waals surface area contributed by atoms with E-state index < -0.39 is 13.9 Å². The molecule has 0 saturated heterocycles. The van der Waals surface area contributed by atoms with Gasteiger partial charge in [0.05, 0.1) is 33.9 Å². The van der Waals surface area contributed by atoms with Gasteiger partial charge in [0.25, 0.3) is 0 Å². The molecule has 218 valence electrons. The van der Waals surface area contributed by atoms with E-state index in [4.69, 9.17) is 9.05 Å². The topological polar surface area (TPSA) is 76.0 Å². The third kappa shape index (κ3) is 26.0. The van der Waals surface area contributed by atoms with Crippen LogP contribution in [0.15, 0.2) is 0 Å². The molecular formula is C28H61NO5PS+. The summed E-state index contributed by atoms with van der Waals surface area (Å²) in [5, 5.41) is 9.84. The zero-order chi connectivity index (χ0) is 27.1. The monoisotopic (exact) mass is 554 g/mol. The minimum atomic E-state index is -4.15. The summed E-state index contributed by atoms with van der Waals surface area (Å²) >= 11 is 1.85. The molecule has 0 aromatic heterocycles. The third-order valence-corrected chi connectivity index (χ3v) is 8.86. The Morgan fingerprint density at radius 2 is 1.25 bits per heavy atom. The lowest BCUT2D eigenvalue weighted by atomic mass is 10.0. The number of hydrogen-bond donors (Lipinski definition) is 2. The van der Waals surface area contributed by atoms with E-state index in [0.29, 0.717) is 17.4 Å². The molecule has 0 radical (unpaired) electrons. The van der Waals surface area contributed by atoms with Crippen LogP contribution in [0.5, 0.6) is 0 Å². The summed E-state index contributed by atoms with van der Waals surface area (Å²) in [5.41, 5.74) is 0. The molecule has 0 aromatic carbocycles. The van der Waals surface area contributed by atoms with E-state index in [1.807, 2.05) is 32.9 Å². The van der Waals surface area contributed by atoms with Crippen molar-refractivity contribution in [1.29, 1.82) is 0 Å². The van der Waals surface area contributed by atoms with Crippen molar-refractivity contribution < 1.29 is 28.1 Å². The fraction of sp³-hybridized carbons (Fsp3) is 1.00. The predicted octanol–water partition coefficient (Wildman–Crippen LogP) is 7.96. The van der Waals surface area contributed by atoms with E-state index in [1.165, 1.54) is 103 Å². The van der Waals surface area contributed by atoms with Crippen LogP contribution in [-0.2, 0) is 13.6 Å². The maximum absolute atomic E-state index is 12.2. The van der Waals surface area contributed by atoms with Gasteiger partial charge < -0.3 is 14.5 Å². The van der Waals surface area contributed by atoms with Gasteiger partial charge in [-0.25, -0.2) is 4.57 Å². The summed E-state index contributed by atoms with van der Waals surface area (Å²) in [6.07, 6.45) is 21.9. The molecule has 0 fully saturated rings. The first-order valence-corrected chi connectivity index (χ1v) is 17.3. The van der Waals surface area contributed by atoms with Crippen molar-refractivity contribution in [2.45, 2.75) is 134 Å². The molecule has 2 N–H and O–H groups in total. The Balaban J connectivity index is 3.62. The maximum atomic E-state index is 12.2. The summed E-state index contributed by atoms with van der Waals surface area (Å²) in [5.74, 6) is 1.08. The van der Waals surface area contributed by atoms with Gasteiger partial charge in [0.1, 0.15) is 13.2 Å². The van der Waals surface area contributed by atoms with E-state index in [9.17, 15) is 14.6 Å². The first-order chi connectivity index (χ1) is 17.1. The van der Waals surface area contributed by atoms with Crippen molar-refractivity contribution in [1.82, 2.24) is 0 Å². The number of nitrogens with zero attached hydrogens (tertiary/aromatic N) is 1. The van der Waals surface area contributed by atoms with Crippen molar-refractivity contribution in [2.75, 3.05) is 46.7 Å². The molecule has 0 aliphatic rings. The Hall–Kier alpha value is 0.380. The highest BCUT2D eigenvalue weighted by molar-refractivity contribution is 7.99. The van der Waals surface area contributed by atoms with E-state index in [0.717, 1.165) is 5.75 Å². The van der Waals surface area contributed by atoms with Crippen LogP contribution in [0, 0.1) is 0 Å². The molecule has 0 rings (SSSR count). The molecule has 0 aliphatic heterocycles. The molecule has 0 aromatic rings. The number of hydrogen-bond acceptors (Lipinski definition) is 5. The fourth-order valence-electron chi connectivity index (χ4n) is 4.17. The summed E-state index contributed by atoms with van der Waals surface area (Å²) < 4.78 is 23.1. The minimum Gasteiger partial charge on any atom is -0.394 e. The van der Waals surface area contributed by atoms with Crippen molar-refractivity contribution >= 4 is 19.6 Å². The molecule has 6 nitrogen and oxygen atoms in total. The second kappa shape index (κ2) is 23.3. The smallest absolute Gasteiger partial charge is 0.394 e. The third-order valence-electron chi connectivity index (χ3n) is 6.50. The van der Waals surface area contributed by atoms with Crippen LogP contribution in [0.1, 0.15) is 123 Å². The van der Waals surface area contributed by atoms with Crippen LogP contribution >= 0.6 is 19.6 Å². The lowest BCUT2D eigenvalue weighted by molar-refractivity contribution is -0.870. The van der Waals surface area contributed by atoms with Crippen molar-refractivity contribution in [3.8, 4) is 0 Å². The lowest BCUT2D eigenvalue weighted by Crippen LogP contribution is -2.37. The molecule has 0 bridgehead atoms. The Morgan fingerprint density at radius 1 is 0.806 bits per heavy atom. The minimum absolute atomic E-state index is 0.138. The van der Waals surface area contributed by atoms with Gasteiger partial charge >= 0.3 is 7.82 Å². The zero-order valence-corrected chi connectivity index (χ0v) is 26.1. The molecule has 0 aliphatic carbocycles. The maximum Gasteiger partial charge on any atom is 0.472 e. The molecule has 0 saturated carbocycles. The number of phosphoric acid groups is 1.